The average Bonchev–Trinajstić information content (AvgIpc) is 2.69. The molecule has 0 aliphatic heterocycles. The highest BCUT2D eigenvalue weighted by Crippen LogP contribution is 2.24. The number of carbonyl (C=O) groups is 1. The van der Waals surface area contributed by atoms with E-state index in [9.17, 15) is 4.79 Å². The lowest BCUT2D eigenvalue weighted by atomic mass is 10.1. The van der Waals surface area contributed by atoms with E-state index in [1.165, 1.54) is 0 Å². The minimum atomic E-state index is -0.0962. The molecule has 0 aliphatic carbocycles. The second-order valence-corrected chi connectivity index (χ2v) is 7.60. The van der Waals surface area contributed by atoms with Gasteiger partial charge < -0.3 is 20.3 Å². The fourth-order valence-corrected chi connectivity index (χ4v) is 3.06. The van der Waals surface area contributed by atoms with Gasteiger partial charge in [-0.15, -0.1) is 11.6 Å². The summed E-state index contributed by atoms with van der Waals surface area (Å²) in [5.74, 6) is 0.880. The molecule has 10 heteroatoms. The smallest absolute Gasteiger partial charge is 0.242 e. The number of para-hydroxylation sites is 1. The third kappa shape index (κ3) is 9.25. The summed E-state index contributed by atoms with van der Waals surface area (Å²) < 4.78 is 5.03. The molecule has 1 aromatic carbocycles. The van der Waals surface area contributed by atoms with E-state index in [-0.39, 0.29) is 23.1 Å². The van der Waals surface area contributed by atoms with Gasteiger partial charge in [-0.1, -0.05) is 18.2 Å². The molecule has 8 nitrogen and oxygen atoms in total. The highest BCUT2D eigenvalue weighted by molar-refractivity contribution is 6.29. The van der Waals surface area contributed by atoms with E-state index in [4.69, 9.17) is 27.9 Å². The van der Waals surface area contributed by atoms with Gasteiger partial charge in [0.05, 0.1) is 6.61 Å². The monoisotopic (exact) mass is 470 g/mol. The topological polar surface area (TPSA) is 92.3 Å². The Morgan fingerprint density at radius 2 is 1.77 bits per heavy atom. The number of nitrogens with zero attached hydrogens (tertiary/aromatic N) is 4. The highest BCUT2D eigenvalue weighted by atomic mass is 35.5. The van der Waals surface area contributed by atoms with Crippen molar-refractivity contribution in [3.05, 3.63) is 34.6 Å². The molecule has 31 heavy (non-hydrogen) atoms. The highest BCUT2D eigenvalue weighted by Gasteiger charge is 2.18. The molecule has 0 atom stereocenters. The van der Waals surface area contributed by atoms with Gasteiger partial charge >= 0.3 is 0 Å². The third-order valence-electron chi connectivity index (χ3n) is 4.00. The first kappa shape index (κ1) is 26.9. The summed E-state index contributed by atoms with van der Waals surface area (Å²) in [6.07, 6.45) is 0. The van der Waals surface area contributed by atoms with Gasteiger partial charge in [-0.2, -0.15) is 15.0 Å². The van der Waals surface area contributed by atoms with Gasteiger partial charge in [0.1, 0.15) is 5.88 Å². The predicted molar refractivity (Wildman–Crippen MR) is 129 cm³/mol. The maximum atomic E-state index is 11.9. The van der Waals surface area contributed by atoms with Gasteiger partial charge in [-0.05, 0) is 57.3 Å². The molecule has 0 aliphatic rings. The second-order valence-electron chi connectivity index (χ2n) is 6.99. The molecule has 2 aromatic rings. The maximum Gasteiger partial charge on any atom is 0.242 e. The molecule has 2 rings (SSSR count). The van der Waals surface area contributed by atoms with Crippen LogP contribution in [0.15, 0.2) is 18.2 Å². The summed E-state index contributed by atoms with van der Waals surface area (Å²) in [6, 6.07) is 6.23. The number of aromatic nitrogens is 3. The first-order chi connectivity index (χ1) is 14.7. The number of halogens is 2. The van der Waals surface area contributed by atoms with E-state index in [1.807, 2.05) is 52.8 Å². The van der Waals surface area contributed by atoms with E-state index in [1.54, 1.807) is 12.0 Å². The molecular formula is C21H32Cl2N6O2. The Morgan fingerprint density at radius 1 is 1.16 bits per heavy atom. The molecule has 0 saturated heterocycles. The number of methoxy groups -OCH3 is 1. The molecular weight excluding hydrogens is 439 g/mol. The van der Waals surface area contributed by atoms with Crippen molar-refractivity contribution in [2.45, 2.75) is 40.7 Å². The zero-order valence-corrected chi connectivity index (χ0v) is 20.5. The van der Waals surface area contributed by atoms with Crippen molar-refractivity contribution in [1.29, 1.82) is 0 Å². The SMILES string of the molecule is CCNc1nc(Cl)nc(NC(C)C)n1.COCCN(C(=O)CCl)c1c(C)cccc1C. The lowest BCUT2D eigenvalue weighted by molar-refractivity contribution is -0.116. The van der Waals surface area contributed by atoms with Crippen LogP contribution in [0.2, 0.25) is 5.28 Å². The first-order valence-electron chi connectivity index (χ1n) is 10.1. The number of amides is 1. The summed E-state index contributed by atoms with van der Waals surface area (Å²) in [5.41, 5.74) is 3.08. The van der Waals surface area contributed by atoms with Crippen LogP contribution < -0.4 is 15.5 Å². The molecule has 172 valence electrons. The standard InChI is InChI=1S/C13H18ClNO2.C8H14ClN5/c1-10-5-4-6-11(2)13(10)15(7-8-17-3)12(16)9-14;1-4-10-7-12-6(9)13-8(14-7)11-5(2)3/h4-6H,7-9H2,1-3H3;5H,4H2,1-3H3,(H2,10,11,12,13,14). The molecule has 0 bridgehead atoms. The van der Waals surface area contributed by atoms with Crippen molar-refractivity contribution in [3.8, 4) is 0 Å². The summed E-state index contributed by atoms with van der Waals surface area (Å²) in [5, 5.41) is 6.23. The molecule has 1 aromatic heterocycles. The van der Waals surface area contributed by atoms with Crippen LogP contribution in [0.5, 0.6) is 0 Å². The number of anilines is 3. The maximum absolute atomic E-state index is 11.9. The number of aryl methyl sites for hydroxylation is 2. The Kier molecular flexibility index (Phi) is 12.1. The van der Waals surface area contributed by atoms with Crippen molar-refractivity contribution >= 4 is 46.7 Å². The predicted octanol–water partition coefficient (Wildman–Crippen LogP) is 4.30. The molecule has 0 radical (unpaired) electrons. The minimum Gasteiger partial charge on any atom is -0.383 e. The minimum absolute atomic E-state index is 0.0164. The third-order valence-corrected chi connectivity index (χ3v) is 4.40. The lowest BCUT2D eigenvalue weighted by Gasteiger charge is -2.25. The normalized spacial score (nSPS) is 10.4. The molecule has 1 amide bonds. The van der Waals surface area contributed by atoms with E-state index in [0.717, 1.165) is 23.4 Å². The van der Waals surface area contributed by atoms with Gasteiger partial charge in [0.25, 0.3) is 0 Å². The zero-order valence-electron chi connectivity index (χ0n) is 19.0. The summed E-state index contributed by atoms with van der Waals surface area (Å²) in [4.78, 5) is 25.6. The van der Waals surface area contributed by atoms with Crippen LogP contribution in [-0.2, 0) is 9.53 Å². The largest absolute Gasteiger partial charge is 0.383 e. The van der Waals surface area contributed by atoms with Crippen LogP contribution in [0.25, 0.3) is 0 Å². The first-order valence-corrected chi connectivity index (χ1v) is 11.0. The Labute approximate surface area is 194 Å². The van der Waals surface area contributed by atoms with Crippen LogP contribution in [0.4, 0.5) is 17.6 Å². The molecule has 0 unspecified atom stereocenters. The van der Waals surface area contributed by atoms with Crippen molar-refractivity contribution in [1.82, 2.24) is 15.0 Å². The fourth-order valence-electron chi connectivity index (χ4n) is 2.76. The average molecular weight is 471 g/mol. The van der Waals surface area contributed by atoms with Crippen LogP contribution in [0.1, 0.15) is 31.9 Å². The Balaban J connectivity index is 0.000000316. The van der Waals surface area contributed by atoms with E-state index in [2.05, 4.69) is 25.6 Å². The number of nitrogens with one attached hydrogen (secondary N) is 2. The van der Waals surface area contributed by atoms with Crippen molar-refractivity contribution < 1.29 is 9.53 Å². The number of ether oxygens (including phenoxy) is 1. The summed E-state index contributed by atoms with van der Waals surface area (Å²) in [6.45, 7) is 11.7. The number of benzene rings is 1. The Bertz CT molecular complexity index is 815. The van der Waals surface area contributed by atoms with E-state index in [0.29, 0.717) is 25.0 Å². The number of alkyl halides is 1. The number of hydrogen-bond acceptors (Lipinski definition) is 7. The number of carbonyl (C=O) groups excluding carboxylic acids is 1. The number of hydrogen-bond donors (Lipinski definition) is 2. The van der Waals surface area contributed by atoms with Crippen LogP contribution in [0, 0.1) is 13.8 Å². The molecule has 0 fully saturated rings. The molecule has 0 spiro atoms. The summed E-state index contributed by atoms with van der Waals surface area (Å²) >= 11 is 11.4. The van der Waals surface area contributed by atoms with Gasteiger partial charge in [0.2, 0.25) is 23.1 Å². The molecule has 0 saturated carbocycles. The van der Waals surface area contributed by atoms with Gasteiger partial charge in [-0.3, -0.25) is 4.79 Å². The summed E-state index contributed by atoms with van der Waals surface area (Å²) in [7, 11) is 1.62. The van der Waals surface area contributed by atoms with Gasteiger partial charge in [0, 0.05) is 31.9 Å². The molecule has 1 heterocycles. The van der Waals surface area contributed by atoms with Gasteiger partial charge in [-0.25, -0.2) is 0 Å². The van der Waals surface area contributed by atoms with Crippen molar-refractivity contribution in [3.63, 3.8) is 0 Å². The van der Waals surface area contributed by atoms with Crippen LogP contribution >= 0.6 is 23.2 Å². The lowest BCUT2D eigenvalue weighted by Crippen LogP contribution is -2.35. The molecule has 2 N–H and O–H groups in total. The Morgan fingerprint density at radius 3 is 2.29 bits per heavy atom. The van der Waals surface area contributed by atoms with E-state index < -0.39 is 0 Å². The van der Waals surface area contributed by atoms with Crippen LogP contribution in [0.3, 0.4) is 0 Å². The second kappa shape index (κ2) is 14.0. The van der Waals surface area contributed by atoms with Gasteiger partial charge in [0.15, 0.2) is 0 Å². The zero-order chi connectivity index (χ0) is 23.4. The van der Waals surface area contributed by atoms with E-state index >= 15 is 0 Å². The fraction of sp³-hybridized carbons (Fsp3) is 0.524. The Hall–Kier alpha value is -2.16. The van der Waals surface area contributed by atoms with Crippen LogP contribution in [-0.4, -0.2) is 59.6 Å². The quantitative estimate of drug-likeness (QED) is 0.527. The van der Waals surface area contributed by atoms with Crippen molar-refractivity contribution in [2.24, 2.45) is 0 Å². The number of rotatable bonds is 9. The van der Waals surface area contributed by atoms with Crippen molar-refractivity contribution in [2.75, 3.05) is 48.2 Å².